The van der Waals surface area contributed by atoms with E-state index < -0.39 is 12.0 Å². The summed E-state index contributed by atoms with van der Waals surface area (Å²) in [5, 5.41) is 22.6. The molecule has 0 bridgehead atoms. The highest BCUT2D eigenvalue weighted by Gasteiger charge is 2.47. The molecule has 2 aromatic carbocycles. The number of aliphatic hydroxyl groups excluding tert-OH is 1. The van der Waals surface area contributed by atoms with Gasteiger partial charge in [0.2, 0.25) is 0 Å². The number of hydrogen-bond acceptors (Lipinski definition) is 4. The first-order valence-electron chi connectivity index (χ1n) is 9.40. The zero-order chi connectivity index (χ0) is 20.5. The first-order chi connectivity index (χ1) is 13.2. The van der Waals surface area contributed by atoms with Crippen molar-refractivity contribution in [3.05, 3.63) is 54.6 Å². The number of carbonyl (C=O) groups excluding carboxylic acids is 2. The summed E-state index contributed by atoms with van der Waals surface area (Å²) in [5.74, 6) is -1.42. The molecule has 2 N–H and O–H groups in total. The number of nitrogens with zero attached hydrogens (tertiary/aromatic N) is 2. The minimum Gasteiger partial charge on any atom is -0.508 e. The lowest BCUT2D eigenvalue weighted by atomic mass is 9.84. The van der Waals surface area contributed by atoms with Crippen molar-refractivity contribution in [2.75, 3.05) is 10.0 Å². The molecule has 6 nitrogen and oxygen atoms in total. The van der Waals surface area contributed by atoms with Crippen LogP contribution in [0.5, 0.6) is 5.75 Å². The van der Waals surface area contributed by atoms with E-state index in [0.717, 1.165) is 0 Å². The third-order valence-corrected chi connectivity index (χ3v) is 5.04. The van der Waals surface area contributed by atoms with Crippen molar-refractivity contribution in [2.45, 2.75) is 39.7 Å². The second kappa shape index (κ2) is 7.64. The molecule has 0 spiro atoms. The van der Waals surface area contributed by atoms with Crippen molar-refractivity contribution < 1.29 is 19.8 Å². The van der Waals surface area contributed by atoms with Crippen LogP contribution < -0.4 is 10.0 Å². The number of phenolic OH excluding ortho intramolecular Hbond substituents is 1. The predicted octanol–water partition coefficient (Wildman–Crippen LogP) is 3.49. The van der Waals surface area contributed by atoms with Crippen LogP contribution in [0.3, 0.4) is 0 Å². The Morgan fingerprint density at radius 2 is 1.39 bits per heavy atom. The maximum atomic E-state index is 13.2. The fraction of sp³-hybridized carbons (Fsp3) is 0.364. The van der Waals surface area contributed by atoms with Gasteiger partial charge in [0.15, 0.2) is 0 Å². The highest BCUT2D eigenvalue weighted by molar-refractivity contribution is 6.23. The van der Waals surface area contributed by atoms with Crippen molar-refractivity contribution in [3.8, 4) is 5.75 Å². The van der Waals surface area contributed by atoms with E-state index in [1.165, 1.54) is 22.2 Å². The van der Waals surface area contributed by atoms with E-state index in [4.69, 9.17) is 0 Å². The van der Waals surface area contributed by atoms with Crippen LogP contribution in [0.2, 0.25) is 0 Å². The van der Waals surface area contributed by atoms with Crippen LogP contribution in [0.4, 0.5) is 11.4 Å². The van der Waals surface area contributed by atoms with Gasteiger partial charge in [-0.2, -0.15) is 0 Å². The molecule has 3 rings (SSSR count). The van der Waals surface area contributed by atoms with Gasteiger partial charge in [-0.1, -0.05) is 39.0 Å². The highest BCUT2D eigenvalue weighted by Crippen LogP contribution is 2.35. The second-order valence-corrected chi connectivity index (χ2v) is 8.16. The van der Waals surface area contributed by atoms with Gasteiger partial charge in [-0.3, -0.25) is 9.59 Å². The summed E-state index contributed by atoms with van der Waals surface area (Å²) in [4.78, 5) is 26.3. The Bertz CT molecular complexity index is 843. The Kier molecular flexibility index (Phi) is 5.42. The smallest absolute Gasteiger partial charge is 0.258 e. The lowest BCUT2D eigenvalue weighted by molar-refractivity contribution is -0.127. The first-order valence-corrected chi connectivity index (χ1v) is 9.40. The van der Waals surface area contributed by atoms with Gasteiger partial charge in [0.25, 0.3) is 11.8 Å². The molecular weight excluding hydrogens is 356 g/mol. The number of aliphatic hydroxyl groups is 1. The Morgan fingerprint density at radius 3 is 1.89 bits per heavy atom. The summed E-state index contributed by atoms with van der Waals surface area (Å²) < 4.78 is 0. The van der Waals surface area contributed by atoms with E-state index in [-0.39, 0.29) is 29.4 Å². The average Bonchev–Trinajstić information content (AvgIpc) is 2.90. The standard InChI is InChI=1S/C22H26N2O4/c1-22(2,3)19(26)14-13-18-20(27)23(15-7-5-4-6-8-15)24(21(18)28)16-9-11-17(25)12-10-16/h4-12,18-19,25-26H,13-14H2,1-3H3. The predicted molar refractivity (Wildman–Crippen MR) is 108 cm³/mol. The van der Waals surface area contributed by atoms with Crippen molar-refractivity contribution in [1.29, 1.82) is 0 Å². The molecule has 2 amide bonds. The number of benzene rings is 2. The number of carbonyl (C=O) groups is 2. The Morgan fingerprint density at radius 1 is 0.893 bits per heavy atom. The molecule has 1 aliphatic heterocycles. The molecule has 2 atom stereocenters. The Labute approximate surface area is 165 Å². The molecule has 0 aromatic heterocycles. The van der Waals surface area contributed by atoms with Crippen molar-refractivity contribution in [3.63, 3.8) is 0 Å². The summed E-state index contributed by atoms with van der Waals surface area (Å²) >= 11 is 0. The molecule has 1 saturated heterocycles. The number of rotatable bonds is 5. The van der Waals surface area contributed by atoms with Crippen molar-refractivity contribution >= 4 is 23.2 Å². The van der Waals surface area contributed by atoms with Gasteiger partial charge in [0.05, 0.1) is 17.5 Å². The van der Waals surface area contributed by atoms with Crippen LogP contribution in [0.15, 0.2) is 54.6 Å². The molecule has 1 fully saturated rings. The molecule has 2 aromatic rings. The van der Waals surface area contributed by atoms with Gasteiger partial charge in [-0.05, 0) is 54.7 Å². The number of aromatic hydroxyl groups is 1. The van der Waals surface area contributed by atoms with Crippen LogP contribution in [0.25, 0.3) is 0 Å². The van der Waals surface area contributed by atoms with Crippen LogP contribution in [-0.4, -0.2) is 28.1 Å². The van der Waals surface area contributed by atoms with Crippen molar-refractivity contribution in [1.82, 2.24) is 0 Å². The van der Waals surface area contributed by atoms with Gasteiger partial charge in [0.1, 0.15) is 11.7 Å². The molecule has 2 unspecified atom stereocenters. The number of anilines is 2. The number of hydrogen-bond donors (Lipinski definition) is 2. The summed E-state index contributed by atoms with van der Waals surface area (Å²) in [6, 6.07) is 15.1. The third-order valence-electron chi connectivity index (χ3n) is 5.04. The van der Waals surface area contributed by atoms with E-state index >= 15 is 0 Å². The van der Waals surface area contributed by atoms with Crippen LogP contribution >= 0.6 is 0 Å². The number of phenols is 1. The Hall–Kier alpha value is -2.86. The topological polar surface area (TPSA) is 81.1 Å². The summed E-state index contributed by atoms with van der Waals surface area (Å²) in [6.45, 7) is 5.78. The third kappa shape index (κ3) is 3.87. The molecule has 1 heterocycles. The lowest BCUT2D eigenvalue weighted by Crippen LogP contribution is -2.41. The fourth-order valence-corrected chi connectivity index (χ4v) is 3.25. The lowest BCUT2D eigenvalue weighted by Gasteiger charge is -2.27. The molecule has 0 radical (unpaired) electrons. The first kappa shape index (κ1) is 19.9. The molecule has 1 aliphatic rings. The average molecular weight is 382 g/mol. The van der Waals surface area contributed by atoms with Gasteiger partial charge >= 0.3 is 0 Å². The van der Waals surface area contributed by atoms with E-state index in [1.807, 2.05) is 26.8 Å². The van der Waals surface area contributed by atoms with E-state index in [1.54, 1.807) is 36.4 Å². The number of para-hydroxylation sites is 1. The number of amides is 2. The number of hydrazine groups is 1. The second-order valence-electron chi connectivity index (χ2n) is 8.16. The van der Waals surface area contributed by atoms with Gasteiger partial charge in [-0.25, -0.2) is 10.0 Å². The Balaban J connectivity index is 1.93. The molecule has 6 heteroatoms. The summed E-state index contributed by atoms with van der Waals surface area (Å²) in [6.07, 6.45) is 0.0205. The van der Waals surface area contributed by atoms with Crippen LogP contribution in [0.1, 0.15) is 33.6 Å². The van der Waals surface area contributed by atoms with E-state index in [9.17, 15) is 19.8 Å². The van der Waals surface area contributed by atoms with Crippen molar-refractivity contribution in [2.24, 2.45) is 11.3 Å². The molecule has 148 valence electrons. The summed E-state index contributed by atoms with van der Waals surface area (Å²) in [5.41, 5.74) is 0.771. The quantitative estimate of drug-likeness (QED) is 0.776. The van der Waals surface area contributed by atoms with Gasteiger partial charge < -0.3 is 10.2 Å². The highest BCUT2D eigenvalue weighted by atomic mass is 16.3. The maximum absolute atomic E-state index is 13.2. The minimum atomic E-state index is -0.856. The van der Waals surface area contributed by atoms with Gasteiger partial charge in [0, 0.05) is 0 Å². The fourth-order valence-electron chi connectivity index (χ4n) is 3.25. The van der Waals surface area contributed by atoms with Gasteiger partial charge in [-0.15, -0.1) is 0 Å². The zero-order valence-electron chi connectivity index (χ0n) is 16.4. The minimum absolute atomic E-state index is 0.0813. The van der Waals surface area contributed by atoms with E-state index in [2.05, 4.69) is 0 Å². The molecule has 0 aliphatic carbocycles. The molecule has 28 heavy (non-hydrogen) atoms. The largest absolute Gasteiger partial charge is 0.508 e. The summed E-state index contributed by atoms with van der Waals surface area (Å²) in [7, 11) is 0. The zero-order valence-corrected chi connectivity index (χ0v) is 16.4. The maximum Gasteiger partial charge on any atom is 0.258 e. The monoisotopic (exact) mass is 382 g/mol. The van der Waals surface area contributed by atoms with Crippen LogP contribution in [0, 0.1) is 11.3 Å². The molecule has 0 saturated carbocycles. The van der Waals surface area contributed by atoms with Crippen LogP contribution in [-0.2, 0) is 9.59 Å². The van der Waals surface area contributed by atoms with E-state index in [0.29, 0.717) is 17.8 Å². The normalized spacial score (nSPS) is 18.6. The SMILES string of the molecule is CC(C)(C)C(O)CCC1C(=O)N(c2ccccc2)N(c2ccc(O)cc2)C1=O. The molecular formula is C22H26N2O4.